The third-order valence-electron chi connectivity index (χ3n) is 4.58. The monoisotopic (exact) mass is 339 g/mol. The molecule has 2 rings (SSSR count). The van der Waals surface area contributed by atoms with Crippen molar-refractivity contribution in [3.8, 4) is 5.75 Å². The van der Waals surface area contributed by atoms with E-state index in [9.17, 15) is 8.42 Å². The number of rotatable bonds is 5. The molecule has 0 bridgehead atoms. The van der Waals surface area contributed by atoms with E-state index in [4.69, 9.17) is 4.74 Å². The standard InChI is InChI=1S/C18H29NO3S/c1-6-22-17-11-14(4)16(13(2)3)12-18(17)23(20,21)19-10-8-7-9-15(19)5/h11-13,15H,6-10H2,1-5H3. The van der Waals surface area contributed by atoms with Crippen LogP contribution in [-0.4, -0.2) is 31.9 Å². The number of nitrogens with zero attached hydrogens (tertiary/aromatic N) is 1. The Bertz CT molecular complexity index is 652. The van der Waals surface area contributed by atoms with Crippen LogP contribution in [0.3, 0.4) is 0 Å². The first-order valence-electron chi connectivity index (χ1n) is 8.58. The lowest BCUT2D eigenvalue weighted by Crippen LogP contribution is -2.42. The maximum absolute atomic E-state index is 13.2. The maximum Gasteiger partial charge on any atom is 0.247 e. The number of hydrogen-bond acceptors (Lipinski definition) is 3. The maximum atomic E-state index is 13.2. The minimum Gasteiger partial charge on any atom is -0.492 e. The van der Waals surface area contributed by atoms with E-state index in [1.54, 1.807) is 4.31 Å². The molecule has 1 heterocycles. The fourth-order valence-electron chi connectivity index (χ4n) is 3.32. The molecule has 1 aliphatic heterocycles. The van der Waals surface area contributed by atoms with Gasteiger partial charge in [0.2, 0.25) is 10.0 Å². The summed E-state index contributed by atoms with van der Waals surface area (Å²) < 4.78 is 33.8. The lowest BCUT2D eigenvalue weighted by molar-refractivity contribution is 0.266. The van der Waals surface area contributed by atoms with Crippen molar-refractivity contribution in [1.82, 2.24) is 4.31 Å². The van der Waals surface area contributed by atoms with Crippen LogP contribution in [0.5, 0.6) is 5.75 Å². The van der Waals surface area contributed by atoms with E-state index >= 15 is 0 Å². The Kier molecular flexibility index (Phi) is 5.74. The second-order valence-electron chi connectivity index (χ2n) is 6.70. The Morgan fingerprint density at radius 2 is 2.00 bits per heavy atom. The van der Waals surface area contributed by atoms with Gasteiger partial charge in [-0.3, -0.25) is 0 Å². The molecular weight excluding hydrogens is 310 g/mol. The van der Waals surface area contributed by atoms with E-state index in [1.165, 1.54) is 0 Å². The molecule has 1 aliphatic rings. The summed E-state index contributed by atoms with van der Waals surface area (Å²) in [5, 5.41) is 0. The minimum atomic E-state index is -3.53. The van der Waals surface area contributed by atoms with Gasteiger partial charge in [-0.1, -0.05) is 20.3 Å². The summed E-state index contributed by atoms with van der Waals surface area (Å²) in [6.07, 6.45) is 2.94. The van der Waals surface area contributed by atoms with Gasteiger partial charge in [0.25, 0.3) is 0 Å². The van der Waals surface area contributed by atoms with Gasteiger partial charge >= 0.3 is 0 Å². The predicted molar refractivity (Wildman–Crippen MR) is 93.6 cm³/mol. The molecule has 0 aromatic heterocycles. The van der Waals surface area contributed by atoms with Gasteiger partial charge in [-0.25, -0.2) is 8.42 Å². The van der Waals surface area contributed by atoms with Crippen LogP contribution < -0.4 is 4.74 Å². The zero-order chi connectivity index (χ0) is 17.2. The van der Waals surface area contributed by atoms with E-state index in [0.29, 0.717) is 23.8 Å². The highest BCUT2D eigenvalue weighted by atomic mass is 32.2. The summed E-state index contributed by atoms with van der Waals surface area (Å²) in [5.74, 6) is 0.755. The number of piperidine rings is 1. The van der Waals surface area contributed by atoms with Gasteiger partial charge in [-0.05, 0) is 62.8 Å². The number of aryl methyl sites for hydroxylation is 1. The van der Waals surface area contributed by atoms with Crippen molar-refractivity contribution in [2.24, 2.45) is 0 Å². The van der Waals surface area contributed by atoms with Crippen LogP contribution in [0.25, 0.3) is 0 Å². The summed E-state index contributed by atoms with van der Waals surface area (Å²) >= 11 is 0. The molecule has 130 valence electrons. The SMILES string of the molecule is CCOc1cc(C)c(C(C)C)cc1S(=O)(=O)N1CCCCC1C. The zero-order valence-corrected chi connectivity index (χ0v) is 15.7. The third-order valence-corrected chi connectivity index (χ3v) is 6.62. The van der Waals surface area contributed by atoms with Crippen LogP contribution in [-0.2, 0) is 10.0 Å². The van der Waals surface area contributed by atoms with Crippen LogP contribution in [0.4, 0.5) is 0 Å². The smallest absolute Gasteiger partial charge is 0.247 e. The molecular formula is C18H29NO3S. The normalized spacial score (nSPS) is 20.0. The Morgan fingerprint density at radius 1 is 1.30 bits per heavy atom. The van der Waals surface area contributed by atoms with Gasteiger partial charge in [0.1, 0.15) is 10.6 Å². The molecule has 1 unspecified atom stereocenters. The minimum absolute atomic E-state index is 0.0482. The fourth-order valence-corrected chi connectivity index (χ4v) is 5.17. The first-order valence-corrected chi connectivity index (χ1v) is 10.0. The number of sulfonamides is 1. The summed E-state index contributed by atoms with van der Waals surface area (Å²) in [4.78, 5) is 0.322. The molecule has 4 nitrogen and oxygen atoms in total. The molecule has 1 aromatic carbocycles. The topological polar surface area (TPSA) is 46.6 Å². The first-order chi connectivity index (χ1) is 10.8. The molecule has 0 amide bonds. The quantitative estimate of drug-likeness (QED) is 0.812. The molecule has 1 fully saturated rings. The molecule has 23 heavy (non-hydrogen) atoms. The van der Waals surface area contributed by atoms with E-state index in [0.717, 1.165) is 30.4 Å². The highest BCUT2D eigenvalue weighted by molar-refractivity contribution is 7.89. The van der Waals surface area contributed by atoms with E-state index in [1.807, 2.05) is 32.9 Å². The van der Waals surface area contributed by atoms with Crippen LogP contribution in [0.2, 0.25) is 0 Å². The molecule has 1 aromatic rings. The van der Waals surface area contributed by atoms with Crippen molar-refractivity contribution in [3.05, 3.63) is 23.3 Å². The van der Waals surface area contributed by atoms with Gasteiger partial charge in [-0.15, -0.1) is 0 Å². The molecule has 0 saturated carbocycles. The second kappa shape index (κ2) is 7.22. The van der Waals surface area contributed by atoms with Gasteiger partial charge < -0.3 is 4.74 Å². The molecule has 0 spiro atoms. The van der Waals surface area contributed by atoms with E-state index in [-0.39, 0.29) is 12.0 Å². The van der Waals surface area contributed by atoms with Gasteiger partial charge in [0.15, 0.2) is 0 Å². The number of ether oxygens (including phenoxy) is 1. The largest absolute Gasteiger partial charge is 0.492 e. The van der Waals surface area contributed by atoms with Crippen molar-refractivity contribution in [2.75, 3.05) is 13.2 Å². The predicted octanol–water partition coefficient (Wildman–Crippen LogP) is 4.08. The van der Waals surface area contributed by atoms with Crippen LogP contribution in [0.15, 0.2) is 17.0 Å². The lowest BCUT2D eigenvalue weighted by atomic mass is 9.98. The molecule has 0 aliphatic carbocycles. The summed E-state index contributed by atoms with van der Waals surface area (Å²) in [7, 11) is -3.53. The van der Waals surface area contributed by atoms with Gasteiger partial charge in [0, 0.05) is 12.6 Å². The Hall–Kier alpha value is -1.07. The Balaban J connectivity index is 2.56. The van der Waals surface area contributed by atoms with E-state index < -0.39 is 10.0 Å². The summed E-state index contributed by atoms with van der Waals surface area (Å²) in [6, 6.07) is 3.74. The van der Waals surface area contributed by atoms with Crippen molar-refractivity contribution in [2.45, 2.75) is 70.7 Å². The fraction of sp³-hybridized carbons (Fsp3) is 0.667. The lowest BCUT2D eigenvalue weighted by Gasteiger charge is -2.33. The molecule has 0 N–H and O–H groups in total. The van der Waals surface area contributed by atoms with Crippen molar-refractivity contribution >= 4 is 10.0 Å². The Labute approximate surface area is 140 Å². The summed E-state index contributed by atoms with van der Waals surface area (Å²) in [5.41, 5.74) is 2.14. The highest BCUT2D eigenvalue weighted by Gasteiger charge is 2.33. The number of benzene rings is 1. The average molecular weight is 340 g/mol. The average Bonchev–Trinajstić information content (AvgIpc) is 2.47. The first kappa shape index (κ1) is 18.3. The van der Waals surface area contributed by atoms with Crippen molar-refractivity contribution < 1.29 is 13.2 Å². The second-order valence-corrected chi connectivity index (χ2v) is 8.56. The van der Waals surface area contributed by atoms with Crippen molar-refractivity contribution in [1.29, 1.82) is 0 Å². The van der Waals surface area contributed by atoms with Gasteiger partial charge in [-0.2, -0.15) is 4.31 Å². The van der Waals surface area contributed by atoms with Crippen LogP contribution >= 0.6 is 0 Å². The Morgan fingerprint density at radius 3 is 2.57 bits per heavy atom. The molecule has 0 radical (unpaired) electrons. The highest BCUT2D eigenvalue weighted by Crippen LogP contribution is 2.35. The molecule has 1 atom stereocenters. The summed E-state index contributed by atoms with van der Waals surface area (Å²) in [6.45, 7) is 11.1. The zero-order valence-electron chi connectivity index (χ0n) is 14.9. The van der Waals surface area contributed by atoms with Crippen LogP contribution in [0.1, 0.15) is 64.0 Å². The molecule has 5 heteroatoms. The van der Waals surface area contributed by atoms with E-state index in [2.05, 4.69) is 13.8 Å². The van der Waals surface area contributed by atoms with Gasteiger partial charge in [0.05, 0.1) is 6.61 Å². The van der Waals surface area contributed by atoms with Crippen molar-refractivity contribution in [3.63, 3.8) is 0 Å². The number of hydrogen-bond donors (Lipinski definition) is 0. The van der Waals surface area contributed by atoms with Crippen LogP contribution in [0, 0.1) is 6.92 Å². The molecule has 1 saturated heterocycles. The third kappa shape index (κ3) is 3.72.